The Morgan fingerprint density at radius 1 is 1.62 bits per heavy atom. The number of aliphatic hydroxyl groups excluding tert-OH is 1. The van der Waals surface area contributed by atoms with Gasteiger partial charge in [-0.25, -0.2) is 0 Å². The summed E-state index contributed by atoms with van der Waals surface area (Å²) >= 11 is 0. The maximum absolute atomic E-state index is 12.0. The number of amides is 1. The molecule has 0 aromatic carbocycles. The fraction of sp³-hybridized carbons (Fsp3) is 0.917. The van der Waals surface area contributed by atoms with E-state index in [1.165, 1.54) is 0 Å². The Kier molecular flexibility index (Phi) is 5.22. The summed E-state index contributed by atoms with van der Waals surface area (Å²) in [6.45, 7) is 6.13. The Labute approximate surface area is 97.8 Å². The molecular weight excluding hydrogens is 204 g/mol. The van der Waals surface area contributed by atoms with Crippen LogP contribution in [-0.2, 0) is 4.79 Å². The molecule has 1 heterocycles. The van der Waals surface area contributed by atoms with Gasteiger partial charge in [0.25, 0.3) is 0 Å². The summed E-state index contributed by atoms with van der Waals surface area (Å²) in [5, 5.41) is 15.6. The molecule has 1 fully saturated rings. The molecule has 0 aromatic heterocycles. The molecule has 1 saturated heterocycles. The third-order valence-corrected chi connectivity index (χ3v) is 3.27. The molecule has 0 aromatic rings. The van der Waals surface area contributed by atoms with E-state index in [1.807, 2.05) is 13.8 Å². The van der Waals surface area contributed by atoms with Crippen molar-refractivity contribution in [2.45, 2.75) is 45.6 Å². The molecule has 1 amide bonds. The van der Waals surface area contributed by atoms with Crippen LogP contribution in [0, 0.1) is 5.41 Å². The van der Waals surface area contributed by atoms with Gasteiger partial charge in [-0.05, 0) is 32.7 Å². The largest absolute Gasteiger partial charge is 0.391 e. The molecule has 2 unspecified atom stereocenters. The summed E-state index contributed by atoms with van der Waals surface area (Å²) in [7, 11) is 0. The first-order chi connectivity index (χ1) is 7.58. The van der Waals surface area contributed by atoms with E-state index in [1.54, 1.807) is 0 Å². The highest BCUT2D eigenvalue weighted by molar-refractivity contribution is 5.82. The fourth-order valence-corrected chi connectivity index (χ4v) is 2.11. The summed E-state index contributed by atoms with van der Waals surface area (Å²) in [6, 6.07) is 0. The Morgan fingerprint density at radius 2 is 2.38 bits per heavy atom. The van der Waals surface area contributed by atoms with Crippen LogP contribution in [-0.4, -0.2) is 36.8 Å². The molecule has 4 heteroatoms. The normalized spacial score (nSPS) is 27.4. The Hall–Kier alpha value is -0.610. The van der Waals surface area contributed by atoms with E-state index in [-0.39, 0.29) is 11.3 Å². The minimum Gasteiger partial charge on any atom is -0.391 e. The second kappa shape index (κ2) is 6.21. The first-order valence-corrected chi connectivity index (χ1v) is 6.25. The first-order valence-electron chi connectivity index (χ1n) is 6.25. The van der Waals surface area contributed by atoms with E-state index in [2.05, 4.69) is 10.6 Å². The molecule has 2 atom stereocenters. The van der Waals surface area contributed by atoms with Crippen LogP contribution in [0.2, 0.25) is 0 Å². The molecule has 3 N–H and O–H groups in total. The number of hydrogen-bond acceptors (Lipinski definition) is 3. The number of nitrogens with one attached hydrogen (secondary N) is 2. The van der Waals surface area contributed by atoms with E-state index in [0.29, 0.717) is 6.54 Å². The van der Waals surface area contributed by atoms with Crippen LogP contribution < -0.4 is 10.6 Å². The van der Waals surface area contributed by atoms with Crippen molar-refractivity contribution in [2.24, 2.45) is 5.41 Å². The summed E-state index contributed by atoms with van der Waals surface area (Å²) in [6.07, 6.45) is 3.25. The van der Waals surface area contributed by atoms with Crippen LogP contribution in [0.15, 0.2) is 0 Å². The zero-order valence-corrected chi connectivity index (χ0v) is 10.4. The van der Waals surface area contributed by atoms with Crippen LogP contribution >= 0.6 is 0 Å². The van der Waals surface area contributed by atoms with Gasteiger partial charge in [-0.2, -0.15) is 0 Å². The Balaban J connectivity index is 2.33. The van der Waals surface area contributed by atoms with Gasteiger partial charge in [0.15, 0.2) is 0 Å². The van der Waals surface area contributed by atoms with E-state index in [4.69, 9.17) is 0 Å². The predicted molar refractivity (Wildman–Crippen MR) is 64.1 cm³/mol. The molecule has 1 rings (SSSR count). The highest BCUT2D eigenvalue weighted by Gasteiger charge is 2.34. The van der Waals surface area contributed by atoms with Gasteiger partial charge >= 0.3 is 0 Å². The topological polar surface area (TPSA) is 61.4 Å². The van der Waals surface area contributed by atoms with Gasteiger partial charge in [0.2, 0.25) is 5.91 Å². The van der Waals surface area contributed by atoms with Crippen molar-refractivity contribution in [1.29, 1.82) is 0 Å². The summed E-state index contributed by atoms with van der Waals surface area (Å²) in [5.74, 6) is 0.0647. The average Bonchev–Trinajstić information content (AvgIpc) is 2.27. The van der Waals surface area contributed by atoms with Gasteiger partial charge in [0.05, 0.1) is 11.5 Å². The highest BCUT2D eigenvalue weighted by atomic mass is 16.3. The summed E-state index contributed by atoms with van der Waals surface area (Å²) in [5.41, 5.74) is -0.301. The zero-order chi connectivity index (χ0) is 12.0. The van der Waals surface area contributed by atoms with Gasteiger partial charge in [0, 0.05) is 13.1 Å². The number of rotatable bonds is 5. The smallest absolute Gasteiger partial charge is 0.227 e. The summed E-state index contributed by atoms with van der Waals surface area (Å²) in [4.78, 5) is 12.0. The lowest BCUT2D eigenvalue weighted by Crippen LogP contribution is -2.49. The van der Waals surface area contributed by atoms with Crippen molar-refractivity contribution in [2.75, 3.05) is 19.6 Å². The molecule has 1 aliphatic rings. The van der Waals surface area contributed by atoms with Crippen molar-refractivity contribution in [1.82, 2.24) is 10.6 Å². The van der Waals surface area contributed by atoms with Crippen molar-refractivity contribution < 1.29 is 9.90 Å². The maximum atomic E-state index is 12.0. The minimum absolute atomic E-state index is 0.0647. The Bertz CT molecular complexity index is 225. The van der Waals surface area contributed by atoms with E-state index >= 15 is 0 Å². The molecule has 94 valence electrons. The zero-order valence-electron chi connectivity index (χ0n) is 10.4. The van der Waals surface area contributed by atoms with Gasteiger partial charge < -0.3 is 15.7 Å². The Morgan fingerprint density at radius 3 is 2.94 bits per heavy atom. The number of hydrogen-bond donors (Lipinski definition) is 3. The SMILES string of the molecule is CCCC(O)CNC(=O)C1(C)CCCNC1. The summed E-state index contributed by atoms with van der Waals surface area (Å²) < 4.78 is 0. The van der Waals surface area contributed by atoms with Crippen molar-refractivity contribution in [3.8, 4) is 0 Å². The molecule has 0 radical (unpaired) electrons. The molecule has 1 aliphatic heterocycles. The molecule has 0 saturated carbocycles. The number of piperidine rings is 1. The lowest BCUT2D eigenvalue weighted by Gasteiger charge is -2.32. The molecule has 0 aliphatic carbocycles. The van der Waals surface area contributed by atoms with Crippen molar-refractivity contribution in [3.05, 3.63) is 0 Å². The van der Waals surface area contributed by atoms with Crippen LogP contribution in [0.25, 0.3) is 0 Å². The van der Waals surface area contributed by atoms with Crippen LogP contribution in [0.1, 0.15) is 39.5 Å². The second-order valence-electron chi connectivity index (χ2n) is 4.99. The van der Waals surface area contributed by atoms with E-state index in [0.717, 1.165) is 38.8 Å². The third kappa shape index (κ3) is 3.76. The van der Waals surface area contributed by atoms with Crippen LogP contribution in [0.5, 0.6) is 0 Å². The van der Waals surface area contributed by atoms with Crippen LogP contribution in [0.3, 0.4) is 0 Å². The molecule has 4 nitrogen and oxygen atoms in total. The number of carbonyl (C=O) groups excluding carboxylic acids is 1. The minimum atomic E-state index is -0.408. The highest BCUT2D eigenvalue weighted by Crippen LogP contribution is 2.25. The van der Waals surface area contributed by atoms with Gasteiger partial charge in [-0.3, -0.25) is 4.79 Å². The first kappa shape index (κ1) is 13.5. The lowest BCUT2D eigenvalue weighted by atomic mass is 9.82. The van der Waals surface area contributed by atoms with Crippen LogP contribution in [0.4, 0.5) is 0 Å². The number of aliphatic hydroxyl groups is 1. The monoisotopic (exact) mass is 228 g/mol. The third-order valence-electron chi connectivity index (χ3n) is 3.27. The molecule has 0 bridgehead atoms. The second-order valence-corrected chi connectivity index (χ2v) is 4.99. The van der Waals surface area contributed by atoms with Crippen molar-refractivity contribution in [3.63, 3.8) is 0 Å². The standard InChI is InChI=1S/C12H24N2O2/c1-3-5-10(15)8-14-11(16)12(2)6-4-7-13-9-12/h10,13,15H,3-9H2,1-2H3,(H,14,16). The van der Waals surface area contributed by atoms with E-state index in [9.17, 15) is 9.90 Å². The quantitative estimate of drug-likeness (QED) is 0.647. The van der Waals surface area contributed by atoms with Gasteiger partial charge in [0.1, 0.15) is 0 Å². The average molecular weight is 228 g/mol. The number of carbonyl (C=O) groups is 1. The maximum Gasteiger partial charge on any atom is 0.227 e. The molecule has 0 spiro atoms. The molecule has 16 heavy (non-hydrogen) atoms. The van der Waals surface area contributed by atoms with Gasteiger partial charge in [-0.15, -0.1) is 0 Å². The molecular formula is C12H24N2O2. The predicted octanol–water partition coefficient (Wildman–Crippen LogP) is 0.653. The lowest BCUT2D eigenvalue weighted by molar-refractivity contribution is -0.131. The fourth-order valence-electron chi connectivity index (χ4n) is 2.11. The van der Waals surface area contributed by atoms with Gasteiger partial charge in [-0.1, -0.05) is 13.3 Å². The van der Waals surface area contributed by atoms with E-state index < -0.39 is 6.10 Å². The van der Waals surface area contributed by atoms with Crippen molar-refractivity contribution >= 4 is 5.91 Å².